The lowest BCUT2D eigenvalue weighted by molar-refractivity contribution is -0.384. The molecule has 0 atom stereocenters. The van der Waals surface area contributed by atoms with Crippen molar-refractivity contribution in [2.75, 3.05) is 0 Å². The Bertz CT molecular complexity index is 1120. The number of carbonyl (C=O) groups excluding carboxylic acids is 1. The summed E-state index contributed by atoms with van der Waals surface area (Å²) in [4.78, 5) is 28.1. The van der Waals surface area contributed by atoms with Crippen LogP contribution >= 0.6 is 0 Å². The Balaban J connectivity index is 1.81. The molecule has 0 saturated carbocycles. The van der Waals surface area contributed by atoms with Crippen molar-refractivity contribution in [2.24, 2.45) is 0 Å². The number of non-ortho nitro benzene ring substituents is 1. The van der Waals surface area contributed by atoms with Crippen LogP contribution in [-0.2, 0) is 13.1 Å². The van der Waals surface area contributed by atoms with Gasteiger partial charge >= 0.3 is 0 Å². The maximum atomic E-state index is 13.9. The van der Waals surface area contributed by atoms with Gasteiger partial charge in [-0.15, -0.1) is 0 Å². The Morgan fingerprint density at radius 2 is 2.07 bits per heavy atom. The zero-order valence-electron chi connectivity index (χ0n) is 15.4. The predicted molar refractivity (Wildman–Crippen MR) is 101 cm³/mol. The lowest BCUT2D eigenvalue weighted by Crippen LogP contribution is -2.27. The van der Waals surface area contributed by atoms with Crippen molar-refractivity contribution in [1.29, 1.82) is 5.26 Å². The smallest absolute Gasteiger partial charge is 0.287 e. The molecule has 8 nitrogen and oxygen atoms in total. The summed E-state index contributed by atoms with van der Waals surface area (Å²) in [7, 11) is 0. The minimum absolute atomic E-state index is 0.0305. The first kappa shape index (κ1) is 19.7. The van der Waals surface area contributed by atoms with Crippen molar-refractivity contribution < 1.29 is 14.1 Å². The number of carbonyl (C=O) groups is 1. The highest BCUT2D eigenvalue weighted by Crippen LogP contribution is 2.18. The Morgan fingerprint density at radius 1 is 1.31 bits per heavy atom. The average Bonchev–Trinajstić information content (AvgIpc) is 3.07. The van der Waals surface area contributed by atoms with Crippen LogP contribution in [0.5, 0.6) is 0 Å². The number of nitro benzene ring substituents is 1. The number of imidazole rings is 1. The Hall–Kier alpha value is -4.06. The quantitative estimate of drug-likeness (QED) is 0.276. The van der Waals surface area contributed by atoms with E-state index in [1.54, 1.807) is 35.9 Å². The highest BCUT2D eigenvalue weighted by Gasteiger charge is 2.23. The van der Waals surface area contributed by atoms with Gasteiger partial charge in [-0.1, -0.05) is 30.3 Å². The van der Waals surface area contributed by atoms with Crippen molar-refractivity contribution in [3.63, 3.8) is 0 Å². The number of amides is 1. The molecule has 1 heterocycles. The molecule has 0 saturated heterocycles. The van der Waals surface area contributed by atoms with Crippen LogP contribution in [0.3, 0.4) is 0 Å². The third-order valence-electron chi connectivity index (χ3n) is 4.43. The molecule has 3 rings (SSSR count). The lowest BCUT2D eigenvalue weighted by Gasteiger charge is -2.14. The Kier molecular flexibility index (Phi) is 5.64. The third-order valence-corrected chi connectivity index (χ3v) is 4.43. The first-order valence-corrected chi connectivity index (χ1v) is 8.60. The fourth-order valence-electron chi connectivity index (χ4n) is 2.86. The number of rotatable bonds is 6. The fourth-order valence-corrected chi connectivity index (χ4v) is 2.86. The van der Waals surface area contributed by atoms with Gasteiger partial charge in [0.05, 0.1) is 17.8 Å². The van der Waals surface area contributed by atoms with Crippen LogP contribution in [0.2, 0.25) is 0 Å². The molecule has 3 aromatic rings. The molecule has 1 aromatic heterocycles. The van der Waals surface area contributed by atoms with E-state index >= 15 is 0 Å². The van der Waals surface area contributed by atoms with Crippen LogP contribution in [0.4, 0.5) is 10.1 Å². The van der Waals surface area contributed by atoms with E-state index in [1.807, 2.05) is 0 Å². The summed E-state index contributed by atoms with van der Waals surface area (Å²) in [5.41, 5.74) is 1.42. The van der Waals surface area contributed by atoms with Crippen LogP contribution in [0.15, 0.2) is 54.9 Å². The topological polar surface area (TPSA) is 105 Å². The minimum Gasteiger partial charge on any atom is -0.330 e. The summed E-state index contributed by atoms with van der Waals surface area (Å²) in [6, 6.07) is 12.1. The molecule has 0 unspecified atom stereocenters. The highest BCUT2D eigenvalue weighted by atomic mass is 19.1. The molecule has 0 aliphatic carbocycles. The van der Waals surface area contributed by atoms with Gasteiger partial charge in [0, 0.05) is 29.9 Å². The van der Waals surface area contributed by atoms with Gasteiger partial charge in [0.2, 0.25) is 0 Å². The molecule has 0 bridgehead atoms. The molecule has 1 amide bonds. The van der Waals surface area contributed by atoms with E-state index in [0.29, 0.717) is 11.3 Å². The Morgan fingerprint density at radius 3 is 2.76 bits per heavy atom. The molecule has 29 heavy (non-hydrogen) atoms. The van der Waals surface area contributed by atoms with Gasteiger partial charge in [-0.05, 0) is 18.6 Å². The summed E-state index contributed by atoms with van der Waals surface area (Å²) in [5.74, 6) is -1.15. The van der Waals surface area contributed by atoms with Gasteiger partial charge in [-0.25, -0.2) is 14.3 Å². The Labute approximate surface area is 165 Å². The molecular weight excluding hydrogens is 377 g/mol. The second kappa shape index (κ2) is 8.31. The fraction of sp³-hybridized carbons (Fsp3) is 0.150. The van der Waals surface area contributed by atoms with E-state index < -0.39 is 16.6 Å². The summed E-state index contributed by atoms with van der Waals surface area (Å²) in [6.45, 7) is 1.73. The normalized spacial score (nSPS) is 10.4. The lowest BCUT2D eigenvalue weighted by atomic mass is 10.2. The average molecular weight is 393 g/mol. The van der Waals surface area contributed by atoms with Crippen LogP contribution in [0.1, 0.15) is 27.3 Å². The van der Waals surface area contributed by atoms with Crippen molar-refractivity contribution >= 4 is 11.6 Å². The van der Waals surface area contributed by atoms with Crippen molar-refractivity contribution in [1.82, 2.24) is 14.5 Å². The number of hydrogen-bond acceptors (Lipinski definition) is 5. The second-order valence-electron chi connectivity index (χ2n) is 6.32. The van der Waals surface area contributed by atoms with Crippen LogP contribution in [0.25, 0.3) is 0 Å². The first-order chi connectivity index (χ1) is 13.9. The van der Waals surface area contributed by atoms with Crippen LogP contribution in [0, 0.1) is 34.3 Å². The van der Waals surface area contributed by atoms with Gasteiger partial charge in [-0.2, -0.15) is 5.26 Å². The number of nitrogens with zero attached hydrogens (tertiary/aromatic N) is 5. The maximum Gasteiger partial charge on any atom is 0.287 e. The van der Waals surface area contributed by atoms with Gasteiger partial charge < -0.3 is 4.57 Å². The molecule has 0 fully saturated rings. The summed E-state index contributed by atoms with van der Waals surface area (Å²) < 4.78 is 15.5. The number of benzene rings is 2. The molecular formula is C20H16FN5O3. The maximum absolute atomic E-state index is 13.9. The van der Waals surface area contributed by atoms with Gasteiger partial charge in [0.15, 0.2) is 6.19 Å². The molecule has 0 spiro atoms. The summed E-state index contributed by atoms with van der Waals surface area (Å²) >= 11 is 0. The monoisotopic (exact) mass is 393 g/mol. The van der Waals surface area contributed by atoms with Crippen LogP contribution in [-0.4, -0.2) is 25.3 Å². The number of nitriles is 1. The van der Waals surface area contributed by atoms with E-state index in [4.69, 9.17) is 0 Å². The molecule has 146 valence electrons. The van der Waals surface area contributed by atoms with E-state index in [0.717, 1.165) is 4.90 Å². The minimum atomic E-state index is -0.647. The highest BCUT2D eigenvalue weighted by molar-refractivity contribution is 5.94. The van der Waals surface area contributed by atoms with E-state index in [2.05, 4.69) is 4.98 Å². The van der Waals surface area contributed by atoms with Crippen molar-refractivity contribution in [3.8, 4) is 6.19 Å². The molecule has 0 N–H and O–H groups in total. The molecule has 9 heteroatoms. The second-order valence-corrected chi connectivity index (χ2v) is 6.32. The molecule has 0 aliphatic rings. The van der Waals surface area contributed by atoms with E-state index in [-0.39, 0.29) is 30.0 Å². The number of hydrogen-bond donors (Lipinski definition) is 0. The summed E-state index contributed by atoms with van der Waals surface area (Å²) in [5, 5.41) is 20.3. The zero-order chi connectivity index (χ0) is 21.0. The standard InChI is InChI=1S/C20H16FN5O3/c1-14-19(20(27)24(12-22)11-16-6-2-3-8-18(16)21)23-13-25(14)10-15-5-4-7-17(9-15)26(28)29/h2-9,13H,10-11H2,1H3. The van der Waals surface area contributed by atoms with Crippen molar-refractivity contribution in [3.05, 3.63) is 93.3 Å². The van der Waals surface area contributed by atoms with Gasteiger partial charge in [0.25, 0.3) is 11.6 Å². The third kappa shape index (κ3) is 4.27. The van der Waals surface area contributed by atoms with Gasteiger partial charge in [-0.3, -0.25) is 14.9 Å². The van der Waals surface area contributed by atoms with E-state index in [1.165, 1.54) is 36.7 Å². The SMILES string of the molecule is Cc1c(C(=O)N(C#N)Cc2ccccc2F)ncn1Cc1cccc([N+](=O)[O-])c1. The largest absolute Gasteiger partial charge is 0.330 e. The van der Waals surface area contributed by atoms with Gasteiger partial charge in [0.1, 0.15) is 11.5 Å². The number of aromatic nitrogens is 2. The molecule has 0 aliphatic heterocycles. The van der Waals surface area contributed by atoms with Crippen LogP contribution < -0.4 is 0 Å². The van der Waals surface area contributed by atoms with Crippen molar-refractivity contribution in [2.45, 2.75) is 20.0 Å². The number of nitro groups is 1. The molecule has 0 radical (unpaired) electrons. The first-order valence-electron chi connectivity index (χ1n) is 8.60. The zero-order valence-corrected chi connectivity index (χ0v) is 15.4. The number of halogens is 1. The predicted octanol–water partition coefficient (Wildman–Crippen LogP) is 3.41. The summed E-state index contributed by atoms with van der Waals surface area (Å²) in [6.07, 6.45) is 3.21. The molecule has 2 aromatic carbocycles. The van der Waals surface area contributed by atoms with E-state index in [9.17, 15) is 24.6 Å².